The average Bonchev–Trinajstić information content (AvgIpc) is 2.75. The quantitative estimate of drug-likeness (QED) is 0.654. The molecule has 0 radical (unpaired) electrons. The molecule has 0 aliphatic heterocycles. The highest BCUT2D eigenvalue weighted by Gasteiger charge is 2.29. The lowest BCUT2D eigenvalue weighted by Gasteiger charge is -2.17. The van der Waals surface area contributed by atoms with Gasteiger partial charge < -0.3 is 14.6 Å². The maximum Gasteiger partial charge on any atom is 0.314 e. The molecule has 2 rings (SSSR count). The largest absolute Gasteiger partial charge is 0.496 e. The summed E-state index contributed by atoms with van der Waals surface area (Å²) in [5.74, 6) is 0.577. The van der Waals surface area contributed by atoms with Gasteiger partial charge in [0.15, 0.2) is 5.75 Å². The van der Waals surface area contributed by atoms with Gasteiger partial charge in [0.25, 0.3) is 0 Å². The highest BCUT2D eigenvalue weighted by atomic mass is 16.6. The van der Waals surface area contributed by atoms with Gasteiger partial charge in [0.1, 0.15) is 11.9 Å². The Kier molecular flexibility index (Phi) is 3.66. The Hall–Kier alpha value is -1.82. The number of aliphatic hydroxyl groups excluding tert-OH is 1. The van der Waals surface area contributed by atoms with Gasteiger partial charge in [-0.25, -0.2) is 0 Å². The summed E-state index contributed by atoms with van der Waals surface area (Å²) in [6, 6.07) is 4.42. The third-order valence-corrected chi connectivity index (χ3v) is 3.06. The standard InChI is InChI=1S/C12H15NO5/c1-17-8-5-6-11(9(7-8)13(15)16)18-12-4-2-3-10(12)14/h5-7,10,12,14H,2-4H2,1H3/t10-,12-/m1/s1. The van der Waals surface area contributed by atoms with Gasteiger partial charge in [-0.15, -0.1) is 0 Å². The summed E-state index contributed by atoms with van der Waals surface area (Å²) in [6.45, 7) is 0. The Morgan fingerprint density at radius 1 is 1.44 bits per heavy atom. The lowest BCUT2D eigenvalue weighted by Crippen LogP contribution is -2.25. The van der Waals surface area contributed by atoms with E-state index in [1.807, 2.05) is 0 Å². The first-order chi connectivity index (χ1) is 8.61. The molecule has 0 unspecified atom stereocenters. The third kappa shape index (κ3) is 2.53. The van der Waals surface area contributed by atoms with E-state index in [0.29, 0.717) is 18.6 Å². The smallest absolute Gasteiger partial charge is 0.314 e. The minimum Gasteiger partial charge on any atom is -0.496 e. The zero-order valence-electron chi connectivity index (χ0n) is 10.0. The molecule has 98 valence electrons. The van der Waals surface area contributed by atoms with Crippen molar-refractivity contribution in [2.24, 2.45) is 0 Å². The number of hydrogen-bond acceptors (Lipinski definition) is 5. The number of methoxy groups -OCH3 is 1. The molecule has 0 aromatic heterocycles. The van der Waals surface area contributed by atoms with Crippen LogP contribution in [0, 0.1) is 10.1 Å². The average molecular weight is 253 g/mol. The fraction of sp³-hybridized carbons (Fsp3) is 0.500. The first-order valence-corrected chi connectivity index (χ1v) is 5.79. The summed E-state index contributed by atoms with van der Waals surface area (Å²) in [6.07, 6.45) is 1.35. The van der Waals surface area contributed by atoms with Crippen LogP contribution in [0.25, 0.3) is 0 Å². The van der Waals surface area contributed by atoms with E-state index in [-0.39, 0.29) is 17.5 Å². The first kappa shape index (κ1) is 12.6. The van der Waals surface area contributed by atoms with Gasteiger partial charge in [0.2, 0.25) is 0 Å². The van der Waals surface area contributed by atoms with Crippen molar-refractivity contribution in [3.8, 4) is 11.5 Å². The molecule has 1 aromatic rings. The van der Waals surface area contributed by atoms with Crippen molar-refractivity contribution < 1.29 is 19.5 Å². The van der Waals surface area contributed by atoms with E-state index in [1.165, 1.54) is 19.2 Å². The topological polar surface area (TPSA) is 81.8 Å². The minimum absolute atomic E-state index is 0.145. The van der Waals surface area contributed by atoms with Crippen LogP contribution in [0.15, 0.2) is 18.2 Å². The predicted molar refractivity (Wildman–Crippen MR) is 63.9 cm³/mol. The van der Waals surface area contributed by atoms with E-state index in [4.69, 9.17) is 9.47 Å². The van der Waals surface area contributed by atoms with Gasteiger partial charge in [-0.3, -0.25) is 10.1 Å². The molecular formula is C12H15NO5. The molecule has 18 heavy (non-hydrogen) atoms. The molecule has 6 heteroatoms. The van der Waals surface area contributed by atoms with Crippen LogP contribution in [0.4, 0.5) is 5.69 Å². The lowest BCUT2D eigenvalue weighted by atomic mass is 10.2. The number of aliphatic hydroxyl groups is 1. The van der Waals surface area contributed by atoms with E-state index in [2.05, 4.69) is 0 Å². The fourth-order valence-corrected chi connectivity index (χ4v) is 2.07. The summed E-state index contributed by atoms with van der Waals surface area (Å²) in [5.41, 5.74) is -0.145. The van der Waals surface area contributed by atoms with E-state index >= 15 is 0 Å². The number of rotatable bonds is 4. The minimum atomic E-state index is -0.549. The van der Waals surface area contributed by atoms with Gasteiger partial charge in [-0.2, -0.15) is 0 Å². The van der Waals surface area contributed by atoms with Crippen molar-refractivity contribution >= 4 is 5.69 Å². The van der Waals surface area contributed by atoms with Gasteiger partial charge >= 0.3 is 5.69 Å². The van der Waals surface area contributed by atoms with Crippen LogP contribution in [0.1, 0.15) is 19.3 Å². The van der Waals surface area contributed by atoms with Crippen LogP contribution in [-0.4, -0.2) is 29.3 Å². The van der Waals surface area contributed by atoms with E-state index in [0.717, 1.165) is 6.42 Å². The number of ether oxygens (including phenoxy) is 2. The highest BCUT2D eigenvalue weighted by Crippen LogP contribution is 2.34. The van der Waals surface area contributed by atoms with Gasteiger partial charge in [0.05, 0.1) is 24.2 Å². The molecular weight excluding hydrogens is 238 g/mol. The van der Waals surface area contributed by atoms with Crippen molar-refractivity contribution in [3.63, 3.8) is 0 Å². The Bertz CT molecular complexity index is 448. The molecule has 1 N–H and O–H groups in total. The molecule has 0 amide bonds. The highest BCUT2D eigenvalue weighted by molar-refractivity contribution is 5.51. The van der Waals surface area contributed by atoms with Gasteiger partial charge in [0, 0.05) is 0 Å². The zero-order chi connectivity index (χ0) is 13.1. The van der Waals surface area contributed by atoms with Crippen molar-refractivity contribution in [1.82, 2.24) is 0 Å². The Morgan fingerprint density at radius 2 is 2.22 bits per heavy atom. The van der Waals surface area contributed by atoms with Gasteiger partial charge in [-0.1, -0.05) is 0 Å². The Labute approximate surface area is 104 Å². The van der Waals surface area contributed by atoms with Crippen LogP contribution < -0.4 is 9.47 Å². The Morgan fingerprint density at radius 3 is 2.78 bits per heavy atom. The monoisotopic (exact) mass is 253 g/mol. The molecule has 0 spiro atoms. The summed E-state index contributed by atoms with van der Waals surface area (Å²) in [5, 5.41) is 20.6. The number of benzene rings is 1. The maximum absolute atomic E-state index is 11.0. The zero-order valence-corrected chi connectivity index (χ0v) is 10.0. The second-order valence-corrected chi connectivity index (χ2v) is 4.25. The van der Waals surface area contributed by atoms with Gasteiger partial charge in [-0.05, 0) is 31.4 Å². The number of hydrogen-bond donors (Lipinski definition) is 1. The summed E-state index contributed by atoms with van der Waals surface area (Å²) < 4.78 is 10.5. The maximum atomic E-state index is 11.0. The number of nitro benzene ring substituents is 1. The van der Waals surface area contributed by atoms with Crippen LogP contribution >= 0.6 is 0 Å². The van der Waals surface area contributed by atoms with E-state index in [9.17, 15) is 15.2 Å². The summed E-state index contributed by atoms with van der Waals surface area (Å²) >= 11 is 0. The molecule has 6 nitrogen and oxygen atoms in total. The lowest BCUT2D eigenvalue weighted by molar-refractivity contribution is -0.386. The van der Waals surface area contributed by atoms with Crippen LogP contribution in [0.2, 0.25) is 0 Å². The van der Waals surface area contributed by atoms with Crippen molar-refractivity contribution in [2.75, 3.05) is 7.11 Å². The second kappa shape index (κ2) is 5.22. The second-order valence-electron chi connectivity index (χ2n) is 4.25. The number of nitrogens with zero attached hydrogens (tertiary/aromatic N) is 1. The fourth-order valence-electron chi connectivity index (χ4n) is 2.07. The molecule has 1 saturated carbocycles. The van der Waals surface area contributed by atoms with Crippen molar-refractivity contribution in [1.29, 1.82) is 0 Å². The van der Waals surface area contributed by atoms with Crippen LogP contribution in [0.5, 0.6) is 11.5 Å². The number of nitro groups is 1. The predicted octanol–water partition coefficient (Wildman–Crippen LogP) is 1.90. The normalized spacial score (nSPS) is 22.8. The SMILES string of the molecule is COc1ccc(O[C@@H]2CCC[C@H]2O)c([N+](=O)[O-])c1. The van der Waals surface area contributed by atoms with E-state index < -0.39 is 11.0 Å². The molecule has 1 aromatic carbocycles. The Balaban J connectivity index is 2.23. The molecule has 1 aliphatic rings. The van der Waals surface area contributed by atoms with Crippen molar-refractivity contribution in [2.45, 2.75) is 31.5 Å². The molecule has 0 bridgehead atoms. The molecule has 1 aliphatic carbocycles. The first-order valence-electron chi connectivity index (χ1n) is 5.79. The summed E-state index contributed by atoms with van der Waals surface area (Å²) in [4.78, 5) is 10.4. The molecule has 0 saturated heterocycles. The van der Waals surface area contributed by atoms with Crippen LogP contribution in [0.3, 0.4) is 0 Å². The van der Waals surface area contributed by atoms with Crippen LogP contribution in [-0.2, 0) is 0 Å². The molecule has 0 heterocycles. The van der Waals surface area contributed by atoms with E-state index in [1.54, 1.807) is 6.07 Å². The molecule has 2 atom stereocenters. The van der Waals surface area contributed by atoms with Crippen molar-refractivity contribution in [3.05, 3.63) is 28.3 Å². The third-order valence-electron chi connectivity index (χ3n) is 3.06. The summed E-state index contributed by atoms with van der Waals surface area (Å²) in [7, 11) is 1.44. The molecule has 1 fully saturated rings.